The van der Waals surface area contributed by atoms with E-state index in [1.54, 1.807) is 0 Å². The Morgan fingerprint density at radius 1 is 1.75 bits per heavy atom. The topological polar surface area (TPSA) is 21.3 Å². The monoisotopic (exact) mass is 173 g/mol. The molecule has 0 bridgehead atoms. The Morgan fingerprint density at radius 3 is 3.00 bits per heavy atom. The quantitative estimate of drug-likeness (QED) is 0.616. The van der Waals surface area contributed by atoms with Crippen LogP contribution in [0.2, 0.25) is 0 Å². The number of alkyl halides is 1. The molecule has 1 heterocycles. The number of ether oxygens (including phenoxy) is 1. The fraction of sp³-hybridized carbons (Fsp3) is 1.00. The molecule has 70 valence electrons. The fourth-order valence-corrected chi connectivity index (χ4v) is 1.61. The van der Waals surface area contributed by atoms with E-state index >= 15 is 0 Å². The van der Waals surface area contributed by atoms with E-state index in [0.717, 1.165) is 19.4 Å². The highest BCUT2D eigenvalue weighted by atomic mass is 19.1. The van der Waals surface area contributed by atoms with Gasteiger partial charge < -0.3 is 10.1 Å². The van der Waals surface area contributed by atoms with Gasteiger partial charge in [-0.25, -0.2) is 4.39 Å². The zero-order valence-corrected chi connectivity index (χ0v) is 7.85. The first-order valence-corrected chi connectivity index (χ1v) is 4.71. The van der Waals surface area contributed by atoms with E-state index in [1.165, 1.54) is 7.85 Å². The van der Waals surface area contributed by atoms with Crippen LogP contribution in [-0.2, 0) is 4.74 Å². The minimum atomic E-state index is -1.12. The van der Waals surface area contributed by atoms with Crippen LogP contribution in [0.5, 0.6) is 0 Å². The van der Waals surface area contributed by atoms with Gasteiger partial charge in [-0.05, 0) is 18.8 Å². The van der Waals surface area contributed by atoms with Gasteiger partial charge in [-0.3, -0.25) is 0 Å². The lowest BCUT2D eigenvalue weighted by Gasteiger charge is -2.10. The Morgan fingerprint density at radius 2 is 2.50 bits per heavy atom. The first-order chi connectivity index (χ1) is 5.72. The van der Waals surface area contributed by atoms with Crippen LogP contribution in [0, 0.1) is 5.92 Å². The molecule has 0 spiro atoms. The second-order valence-corrected chi connectivity index (χ2v) is 3.49. The summed E-state index contributed by atoms with van der Waals surface area (Å²) in [5, 5.41) is 3.38. The summed E-state index contributed by atoms with van der Waals surface area (Å²) >= 11 is 0. The summed E-state index contributed by atoms with van der Waals surface area (Å²) in [6, 6.07) is 0.619. The van der Waals surface area contributed by atoms with Crippen LogP contribution in [0.4, 0.5) is 4.39 Å². The normalized spacial score (nSPS) is 32.2. The smallest absolute Gasteiger partial charge is 0.181 e. The first kappa shape index (κ1) is 10.00. The van der Waals surface area contributed by atoms with Crippen molar-refractivity contribution in [2.75, 3.05) is 13.2 Å². The maximum Gasteiger partial charge on any atom is 0.181 e. The lowest BCUT2D eigenvalue weighted by atomic mass is 10.1. The zero-order valence-electron chi connectivity index (χ0n) is 7.85. The molecule has 12 heavy (non-hydrogen) atoms. The van der Waals surface area contributed by atoms with E-state index in [4.69, 9.17) is 4.74 Å². The molecule has 2 nitrogen and oxygen atoms in total. The van der Waals surface area contributed by atoms with E-state index in [2.05, 4.69) is 12.2 Å². The van der Waals surface area contributed by atoms with E-state index in [9.17, 15) is 4.39 Å². The van der Waals surface area contributed by atoms with Crippen LogP contribution in [0.1, 0.15) is 19.8 Å². The second kappa shape index (κ2) is 4.82. The van der Waals surface area contributed by atoms with Crippen LogP contribution in [-0.4, -0.2) is 33.3 Å². The predicted molar refractivity (Wildman–Crippen MR) is 49.6 cm³/mol. The predicted octanol–water partition coefficient (Wildman–Crippen LogP) is 0.277. The zero-order chi connectivity index (χ0) is 8.97. The van der Waals surface area contributed by atoms with Crippen molar-refractivity contribution in [2.24, 2.45) is 5.92 Å². The highest BCUT2D eigenvalue weighted by Gasteiger charge is 2.22. The molecule has 0 aromatic heterocycles. The van der Waals surface area contributed by atoms with Gasteiger partial charge in [0.25, 0.3) is 0 Å². The summed E-state index contributed by atoms with van der Waals surface area (Å²) in [6.45, 7) is 3.70. The minimum Gasteiger partial charge on any atom is -0.356 e. The number of rotatable bonds is 4. The van der Waals surface area contributed by atoms with Gasteiger partial charge in [0.05, 0.1) is 6.61 Å². The molecule has 1 saturated heterocycles. The van der Waals surface area contributed by atoms with E-state index in [0.29, 0.717) is 18.6 Å². The SMILES string of the molecule is BC(F)OCC1CN[C@H](CC)C1. The highest BCUT2D eigenvalue weighted by Crippen LogP contribution is 2.16. The molecule has 0 aromatic rings. The third kappa shape index (κ3) is 3.11. The van der Waals surface area contributed by atoms with Gasteiger partial charge in [-0.15, -0.1) is 0 Å². The molecular formula is C8H17BFNO. The maximum absolute atomic E-state index is 12.3. The summed E-state index contributed by atoms with van der Waals surface area (Å²) < 4.78 is 17.2. The van der Waals surface area contributed by atoms with Gasteiger partial charge in [0, 0.05) is 12.6 Å². The molecule has 1 fully saturated rings. The molecular weight excluding hydrogens is 156 g/mol. The molecule has 1 aliphatic heterocycles. The lowest BCUT2D eigenvalue weighted by molar-refractivity contribution is 0.00475. The summed E-state index contributed by atoms with van der Waals surface area (Å²) in [4.78, 5) is 0. The van der Waals surface area contributed by atoms with Crippen LogP contribution < -0.4 is 5.32 Å². The molecule has 4 heteroatoms. The Bertz CT molecular complexity index is 134. The molecule has 0 saturated carbocycles. The Hall–Kier alpha value is -0.0851. The average molecular weight is 173 g/mol. The molecule has 0 aliphatic carbocycles. The van der Waals surface area contributed by atoms with E-state index < -0.39 is 6.26 Å². The lowest BCUT2D eigenvalue weighted by Crippen LogP contribution is -2.20. The van der Waals surface area contributed by atoms with Gasteiger partial charge in [0.1, 0.15) is 0 Å². The van der Waals surface area contributed by atoms with Crippen molar-refractivity contribution in [3.63, 3.8) is 0 Å². The van der Waals surface area contributed by atoms with Crippen molar-refractivity contribution in [3.8, 4) is 0 Å². The van der Waals surface area contributed by atoms with Crippen LogP contribution >= 0.6 is 0 Å². The van der Waals surface area contributed by atoms with Crippen molar-refractivity contribution >= 4 is 7.85 Å². The molecule has 3 atom stereocenters. The Labute approximate surface area is 74.3 Å². The van der Waals surface area contributed by atoms with Gasteiger partial charge in [0.2, 0.25) is 0 Å². The number of hydrogen-bond acceptors (Lipinski definition) is 2. The van der Waals surface area contributed by atoms with Crippen LogP contribution in [0.15, 0.2) is 0 Å². The fourth-order valence-electron chi connectivity index (χ4n) is 1.61. The van der Waals surface area contributed by atoms with Gasteiger partial charge in [-0.2, -0.15) is 0 Å². The van der Waals surface area contributed by atoms with Crippen molar-refractivity contribution < 1.29 is 9.13 Å². The van der Waals surface area contributed by atoms with Gasteiger partial charge >= 0.3 is 0 Å². The maximum atomic E-state index is 12.3. The molecule has 0 amide bonds. The highest BCUT2D eigenvalue weighted by molar-refractivity contribution is 6.09. The summed E-state index contributed by atoms with van der Waals surface area (Å²) in [7, 11) is 1.43. The molecule has 0 radical (unpaired) electrons. The third-order valence-corrected chi connectivity index (χ3v) is 2.37. The summed E-state index contributed by atoms with van der Waals surface area (Å²) in [6.07, 6.45) is 1.16. The summed E-state index contributed by atoms with van der Waals surface area (Å²) in [5.74, 6) is 0.508. The van der Waals surface area contributed by atoms with Crippen molar-refractivity contribution in [2.45, 2.75) is 32.1 Å². The van der Waals surface area contributed by atoms with E-state index in [-0.39, 0.29) is 0 Å². The second-order valence-electron chi connectivity index (χ2n) is 3.49. The van der Waals surface area contributed by atoms with Crippen molar-refractivity contribution in [3.05, 3.63) is 0 Å². The minimum absolute atomic E-state index is 0.508. The number of hydrogen-bond donors (Lipinski definition) is 1. The largest absolute Gasteiger partial charge is 0.356 e. The van der Waals surface area contributed by atoms with Crippen LogP contribution in [0.25, 0.3) is 0 Å². The Kier molecular flexibility index (Phi) is 4.02. The summed E-state index contributed by atoms with van der Waals surface area (Å²) in [5.41, 5.74) is 0. The van der Waals surface area contributed by atoms with Crippen LogP contribution in [0.3, 0.4) is 0 Å². The molecule has 1 N–H and O–H groups in total. The standard InChI is InChI=1S/C8H17BFNO/c1-2-7-3-6(4-11-7)5-12-8(9)10/h6-8,11H,2-5,9H2,1H3/t6?,7-,8?/m1/s1. The van der Waals surface area contributed by atoms with E-state index in [1.807, 2.05) is 0 Å². The van der Waals surface area contributed by atoms with Gasteiger partial charge in [-0.1, -0.05) is 6.92 Å². The van der Waals surface area contributed by atoms with Gasteiger partial charge in [0.15, 0.2) is 14.1 Å². The average Bonchev–Trinajstić information content (AvgIpc) is 2.48. The molecule has 0 aromatic carbocycles. The third-order valence-electron chi connectivity index (χ3n) is 2.37. The van der Waals surface area contributed by atoms with Crippen molar-refractivity contribution in [1.29, 1.82) is 0 Å². The number of nitrogens with one attached hydrogen (secondary N) is 1. The van der Waals surface area contributed by atoms with Crippen molar-refractivity contribution in [1.82, 2.24) is 5.32 Å². The number of halogens is 1. The molecule has 1 rings (SSSR count). The first-order valence-electron chi connectivity index (χ1n) is 4.71. The molecule has 2 unspecified atom stereocenters. The molecule has 1 aliphatic rings. The Balaban J connectivity index is 2.11.